The molecule has 4 heterocycles. The Morgan fingerprint density at radius 1 is 1.06 bits per heavy atom. The van der Waals surface area contributed by atoms with Gasteiger partial charge in [0, 0.05) is 67.8 Å². The summed E-state index contributed by atoms with van der Waals surface area (Å²) in [6.45, 7) is 24.5. The third kappa shape index (κ3) is 8.92. The van der Waals surface area contributed by atoms with E-state index >= 15 is 0 Å². The third-order valence-corrected chi connectivity index (χ3v) is 14.1. The molecule has 1 amide bonds. The largest absolute Gasteiger partial charge is 0.494 e. The van der Waals surface area contributed by atoms with E-state index in [0.29, 0.717) is 48.7 Å². The number of fused-ring (bicyclic) bond motifs is 1. The zero-order valence-electron chi connectivity index (χ0n) is 31.4. The lowest BCUT2D eigenvalue weighted by atomic mass is 9.85. The molecule has 13 heteroatoms. The van der Waals surface area contributed by atoms with Gasteiger partial charge in [0.05, 0.1) is 31.7 Å². The fourth-order valence-corrected chi connectivity index (χ4v) is 6.71. The van der Waals surface area contributed by atoms with Gasteiger partial charge in [0.1, 0.15) is 29.5 Å². The van der Waals surface area contributed by atoms with E-state index in [9.17, 15) is 4.79 Å². The molecule has 1 saturated heterocycles. The molecule has 1 N–H and O–H groups in total. The standard InChI is InChI=1S/C37H54N6O6Si/c1-35(2,3)49-34(44)43-24-37(7,25-48-50(9,10)36(4,5)6)28-21-26(23-39-32(28)43)29-13-14-38-33(40-29)41-30-12-11-27(22-31(30)45-8)47-20-17-42-15-18-46-19-16-42/h11-14,21-23H,15-20,24-25H2,1-10H3,(H,38,40,41). The highest BCUT2D eigenvalue weighted by Gasteiger charge is 2.47. The maximum absolute atomic E-state index is 13.4. The van der Waals surface area contributed by atoms with Crippen LogP contribution in [-0.4, -0.2) is 99.6 Å². The number of rotatable bonds is 11. The molecule has 1 atom stereocenters. The number of amides is 1. The van der Waals surface area contributed by atoms with E-state index in [1.165, 1.54) is 0 Å². The number of benzene rings is 1. The first-order valence-electron chi connectivity index (χ1n) is 17.3. The van der Waals surface area contributed by atoms with Gasteiger partial charge in [-0.05, 0) is 63.2 Å². The van der Waals surface area contributed by atoms with Crippen molar-refractivity contribution in [1.29, 1.82) is 0 Å². The number of hydrogen-bond acceptors (Lipinski definition) is 11. The van der Waals surface area contributed by atoms with Gasteiger partial charge in [-0.25, -0.2) is 19.7 Å². The van der Waals surface area contributed by atoms with E-state index in [1.807, 2.05) is 45.0 Å². The number of anilines is 3. The average Bonchev–Trinajstić information content (AvgIpc) is 3.36. The Labute approximate surface area is 298 Å². The summed E-state index contributed by atoms with van der Waals surface area (Å²) in [5, 5.41) is 3.34. The van der Waals surface area contributed by atoms with Gasteiger partial charge in [-0.15, -0.1) is 0 Å². The van der Waals surface area contributed by atoms with Gasteiger partial charge < -0.3 is 28.7 Å². The molecule has 1 aromatic carbocycles. The lowest BCUT2D eigenvalue weighted by molar-refractivity contribution is 0.0322. The number of morpholine rings is 1. The van der Waals surface area contributed by atoms with Crippen LogP contribution in [0.1, 0.15) is 54.0 Å². The topological polar surface area (TPSA) is 120 Å². The zero-order valence-corrected chi connectivity index (χ0v) is 32.4. The molecule has 272 valence electrons. The number of ether oxygens (including phenoxy) is 4. The van der Waals surface area contributed by atoms with Gasteiger partial charge in [-0.2, -0.15) is 0 Å². The van der Waals surface area contributed by atoms with Crippen molar-refractivity contribution >= 4 is 31.9 Å². The van der Waals surface area contributed by atoms with Crippen molar-refractivity contribution in [3.8, 4) is 22.8 Å². The number of carbonyl (C=O) groups excluding carboxylic acids is 1. The van der Waals surface area contributed by atoms with Crippen LogP contribution in [0.4, 0.5) is 22.2 Å². The minimum absolute atomic E-state index is 0.0408. The molecule has 0 saturated carbocycles. The normalized spacial score (nSPS) is 18.5. The van der Waals surface area contributed by atoms with Crippen LogP contribution >= 0.6 is 0 Å². The first-order valence-corrected chi connectivity index (χ1v) is 20.3. The molecule has 3 aromatic rings. The first kappa shape index (κ1) is 37.5. The van der Waals surface area contributed by atoms with Gasteiger partial charge in [0.25, 0.3) is 0 Å². The Morgan fingerprint density at radius 3 is 2.48 bits per heavy atom. The summed E-state index contributed by atoms with van der Waals surface area (Å²) in [7, 11) is -0.461. The number of aromatic nitrogens is 3. The Balaban J connectivity index is 1.37. The molecule has 1 unspecified atom stereocenters. The van der Waals surface area contributed by atoms with Crippen molar-refractivity contribution in [3.05, 3.63) is 48.3 Å². The molecule has 50 heavy (non-hydrogen) atoms. The number of pyridine rings is 1. The van der Waals surface area contributed by atoms with Crippen molar-refractivity contribution in [2.24, 2.45) is 0 Å². The Hall–Kier alpha value is -3.78. The highest BCUT2D eigenvalue weighted by atomic mass is 28.4. The molecular formula is C37H54N6O6Si. The highest BCUT2D eigenvalue weighted by Crippen LogP contribution is 2.44. The summed E-state index contributed by atoms with van der Waals surface area (Å²) in [6, 6.07) is 9.58. The monoisotopic (exact) mass is 706 g/mol. The van der Waals surface area contributed by atoms with Crippen molar-refractivity contribution in [2.45, 2.75) is 77.6 Å². The van der Waals surface area contributed by atoms with Crippen LogP contribution in [0, 0.1) is 0 Å². The van der Waals surface area contributed by atoms with Crippen LogP contribution in [0.5, 0.6) is 11.5 Å². The van der Waals surface area contributed by atoms with E-state index in [1.54, 1.807) is 24.4 Å². The van der Waals surface area contributed by atoms with Gasteiger partial charge >= 0.3 is 6.09 Å². The van der Waals surface area contributed by atoms with Gasteiger partial charge in [-0.1, -0.05) is 27.7 Å². The first-order chi connectivity index (χ1) is 23.5. The van der Waals surface area contributed by atoms with E-state index in [0.717, 1.165) is 49.7 Å². The highest BCUT2D eigenvalue weighted by molar-refractivity contribution is 6.74. The molecule has 0 spiro atoms. The van der Waals surface area contributed by atoms with Gasteiger partial charge in [0.2, 0.25) is 5.95 Å². The SMILES string of the molecule is COc1cc(OCCN2CCOCC2)ccc1Nc1nccc(-c2cnc3c(c2)C(C)(CO[Si](C)(C)C(C)(C)C)CN3C(=O)OC(C)(C)C)n1. The number of carbonyl (C=O) groups is 1. The van der Waals surface area contributed by atoms with Crippen molar-refractivity contribution < 1.29 is 28.2 Å². The van der Waals surface area contributed by atoms with E-state index in [-0.39, 0.29) is 5.04 Å². The number of hydrogen-bond donors (Lipinski definition) is 1. The zero-order chi connectivity index (χ0) is 36.3. The fraction of sp³-hybridized carbons (Fsp3) is 0.568. The average molecular weight is 707 g/mol. The van der Waals surface area contributed by atoms with Gasteiger partial charge in [0.15, 0.2) is 8.32 Å². The summed E-state index contributed by atoms with van der Waals surface area (Å²) >= 11 is 0. The predicted octanol–water partition coefficient (Wildman–Crippen LogP) is 7.04. The van der Waals surface area contributed by atoms with Crippen LogP contribution < -0.4 is 19.7 Å². The molecule has 2 aromatic heterocycles. The Morgan fingerprint density at radius 2 is 1.80 bits per heavy atom. The number of methoxy groups -OCH3 is 1. The lowest BCUT2D eigenvalue weighted by Gasteiger charge is -2.39. The van der Waals surface area contributed by atoms with Crippen LogP contribution in [0.2, 0.25) is 18.1 Å². The van der Waals surface area contributed by atoms with Crippen LogP contribution in [0.25, 0.3) is 11.3 Å². The molecule has 2 aliphatic rings. The fourth-order valence-electron chi connectivity index (χ4n) is 5.60. The van der Waals surface area contributed by atoms with Crippen LogP contribution in [-0.2, 0) is 19.3 Å². The van der Waals surface area contributed by atoms with Gasteiger partial charge in [-0.3, -0.25) is 9.80 Å². The van der Waals surface area contributed by atoms with Crippen LogP contribution in [0.3, 0.4) is 0 Å². The quantitative estimate of drug-likeness (QED) is 0.207. The molecule has 5 rings (SSSR count). The van der Waals surface area contributed by atoms with E-state index in [4.69, 9.17) is 33.3 Å². The molecule has 12 nitrogen and oxygen atoms in total. The summed E-state index contributed by atoms with van der Waals surface area (Å²) < 4.78 is 29.7. The Bertz CT molecular complexity index is 1650. The maximum Gasteiger partial charge on any atom is 0.416 e. The molecule has 0 radical (unpaired) electrons. The Kier molecular flexibility index (Phi) is 11.1. The second-order valence-electron chi connectivity index (χ2n) is 15.8. The second-order valence-corrected chi connectivity index (χ2v) is 20.6. The summed E-state index contributed by atoms with van der Waals surface area (Å²) in [5.41, 5.74) is 1.95. The minimum atomic E-state index is -2.08. The molecule has 1 fully saturated rings. The lowest BCUT2D eigenvalue weighted by Crippen LogP contribution is -2.46. The summed E-state index contributed by atoms with van der Waals surface area (Å²) in [6.07, 6.45) is 3.03. The van der Waals surface area contributed by atoms with E-state index in [2.05, 4.69) is 62.1 Å². The molecular weight excluding hydrogens is 653 g/mol. The molecule has 0 bridgehead atoms. The van der Waals surface area contributed by atoms with Crippen molar-refractivity contribution in [3.63, 3.8) is 0 Å². The van der Waals surface area contributed by atoms with Crippen molar-refractivity contribution in [1.82, 2.24) is 19.9 Å². The smallest absolute Gasteiger partial charge is 0.416 e. The molecule has 2 aliphatic heterocycles. The number of nitrogens with zero attached hydrogens (tertiary/aromatic N) is 5. The second kappa shape index (κ2) is 14.8. The molecule has 0 aliphatic carbocycles. The van der Waals surface area contributed by atoms with E-state index < -0.39 is 25.4 Å². The third-order valence-electron chi connectivity index (χ3n) is 9.60. The van der Waals surface area contributed by atoms with Crippen LogP contribution in [0.15, 0.2) is 42.7 Å². The summed E-state index contributed by atoms with van der Waals surface area (Å²) in [4.78, 5) is 31.5. The number of nitrogens with one attached hydrogen (secondary N) is 1. The maximum atomic E-state index is 13.4. The minimum Gasteiger partial charge on any atom is -0.494 e. The predicted molar refractivity (Wildman–Crippen MR) is 198 cm³/mol. The summed E-state index contributed by atoms with van der Waals surface area (Å²) in [5.74, 6) is 2.32. The van der Waals surface area contributed by atoms with Crippen molar-refractivity contribution in [2.75, 3.05) is 69.9 Å².